The quantitative estimate of drug-likeness (QED) is 0.643. The lowest BCUT2D eigenvalue weighted by Crippen LogP contribution is -2.47. The van der Waals surface area contributed by atoms with E-state index in [2.05, 4.69) is 15.7 Å². The second-order valence-corrected chi connectivity index (χ2v) is 7.85. The van der Waals surface area contributed by atoms with Gasteiger partial charge in [-0.1, -0.05) is 24.3 Å². The Morgan fingerprint density at radius 1 is 1.06 bits per heavy atom. The van der Waals surface area contributed by atoms with Gasteiger partial charge in [0.15, 0.2) is 5.69 Å². The fourth-order valence-corrected chi connectivity index (χ4v) is 3.81. The van der Waals surface area contributed by atoms with Crippen molar-refractivity contribution in [2.24, 2.45) is 0 Å². The molecule has 1 saturated heterocycles. The minimum Gasteiger partial charge on any atom is -0.494 e. The van der Waals surface area contributed by atoms with E-state index < -0.39 is 0 Å². The molecule has 8 heteroatoms. The average Bonchev–Trinajstić information content (AvgIpc) is 3.30. The number of urea groups is 1. The average molecular weight is 434 g/mol. The molecule has 3 aromatic rings. The summed E-state index contributed by atoms with van der Waals surface area (Å²) in [7, 11) is 1.61. The van der Waals surface area contributed by atoms with E-state index in [9.17, 15) is 9.59 Å². The first-order chi connectivity index (χ1) is 15.5. The summed E-state index contributed by atoms with van der Waals surface area (Å²) in [6.45, 7) is 3.13. The zero-order chi connectivity index (χ0) is 22.5. The number of rotatable bonds is 5. The summed E-state index contributed by atoms with van der Waals surface area (Å²) < 4.78 is 7.09. The van der Waals surface area contributed by atoms with Gasteiger partial charge in [-0.25, -0.2) is 9.48 Å². The summed E-state index contributed by atoms with van der Waals surface area (Å²) >= 11 is 0. The Balaban J connectivity index is 1.33. The van der Waals surface area contributed by atoms with Crippen LogP contribution in [0.4, 0.5) is 10.5 Å². The first-order valence-corrected chi connectivity index (χ1v) is 10.7. The number of nitrogens with one attached hydrogen (secondary N) is 2. The van der Waals surface area contributed by atoms with Crippen molar-refractivity contribution < 1.29 is 14.3 Å². The molecule has 0 aliphatic carbocycles. The molecule has 0 spiro atoms. The van der Waals surface area contributed by atoms with Crippen LogP contribution in [-0.2, 0) is 0 Å². The highest BCUT2D eigenvalue weighted by atomic mass is 16.5. The van der Waals surface area contributed by atoms with Crippen molar-refractivity contribution in [3.63, 3.8) is 0 Å². The predicted molar refractivity (Wildman–Crippen MR) is 122 cm³/mol. The summed E-state index contributed by atoms with van der Waals surface area (Å²) in [6, 6.07) is 16.7. The van der Waals surface area contributed by atoms with Gasteiger partial charge in [0, 0.05) is 31.0 Å². The number of hydrogen-bond acceptors (Lipinski definition) is 4. The molecule has 32 heavy (non-hydrogen) atoms. The fraction of sp³-hybridized carbons (Fsp3) is 0.292. The molecule has 2 aromatic carbocycles. The number of nitrogens with zero attached hydrogens (tertiary/aromatic N) is 3. The number of piperidine rings is 1. The highest BCUT2D eigenvalue weighted by Crippen LogP contribution is 2.24. The largest absolute Gasteiger partial charge is 0.494 e. The summed E-state index contributed by atoms with van der Waals surface area (Å²) in [6.07, 6.45) is 3.16. The van der Waals surface area contributed by atoms with Crippen LogP contribution in [0.15, 0.2) is 60.8 Å². The van der Waals surface area contributed by atoms with Crippen LogP contribution in [0.5, 0.6) is 5.75 Å². The number of benzene rings is 2. The van der Waals surface area contributed by atoms with Gasteiger partial charge in [-0.15, -0.1) is 0 Å². The van der Waals surface area contributed by atoms with E-state index in [0.717, 1.165) is 16.9 Å². The Morgan fingerprint density at radius 2 is 1.81 bits per heavy atom. The van der Waals surface area contributed by atoms with Crippen LogP contribution in [0.25, 0.3) is 5.69 Å². The number of aryl methyl sites for hydroxylation is 1. The highest BCUT2D eigenvalue weighted by Gasteiger charge is 2.26. The number of aromatic nitrogens is 2. The van der Waals surface area contributed by atoms with Crippen LogP contribution in [0.1, 0.15) is 28.9 Å². The molecule has 0 unspecified atom stereocenters. The van der Waals surface area contributed by atoms with Crippen molar-refractivity contribution >= 4 is 17.6 Å². The first-order valence-electron chi connectivity index (χ1n) is 10.7. The molecule has 0 atom stereocenters. The minimum atomic E-state index is -0.230. The van der Waals surface area contributed by atoms with Crippen molar-refractivity contribution in [2.75, 3.05) is 25.5 Å². The predicted octanol–water partition coefficient (Wildman–Crippen LogP) is 3.62. The Kier molecular flexibility index (Phi) is 6.39. The SMILES string of the molecule is COc1ccc(C)cc1-n1ccc(C(=O)N2CCC(NC(=O)Nc3ccccc3)CC2)n1. The van der Waals surface area contributed by atoms with Crippen molar-refractivity contribution in [1.29, 1.82) is 0 Å². The maximum atomic E-state index is 13.0. The zero-order valence-electron chi connectivity index (χ0n) is 18.2. The molecule has 166 valence electrons. The van der Waals surface area contributed by atoms with Gasteiger partial charge >= 0.3 is 6.03 Å². The van der Waals surface area contributed by atoms with Gasteiger partial charge in [-0.3, -0.25) is 4.79 Å². The lowest BCUT2D eigenvalue weighted by molar-refractivity contribution is 0.0702. The standard InChI is InChI=1S/C24H27N5O3/c1-17-8-9-22(32-2)21(16-17)29-15-12-20(27-29)23(30)28-13-10-19(11-14-28)26-24(31)25-18-6-4-3-5-7-18/h3-9,12,15-16,19H,10-11,13-14H2,1-2H3,(H2,25,26,31). The lowest BCUT2D eigenvalue weighted by atomic mass is 10.0. The molecular formula is C24H27N5O3. The van der Waals surface area contributed by atoms with Gasteiger partial charge in [0.2, 0.25) is 0 Å². The van der Waals surface area contributed by atoms with Crippen LogP contribution in [0, 0.1) is 6.92 Å². The van der Waals surface area contributed by atoms with Crippen LogP contribution in [-0.4, -0.2) is 52.9 Å². The van der Waals surface area contributed by atoms with E-state index in [-0.39, 0.29) is 18.0 Å². The molecule has 1 fully saturated rings. The Hall–Kier alpha value is -3.81. The number of carbonyl (C=O) groups is 2. The van der Waals surface area contributed by atoms with Crippen molar-refractivity contribution in [3.05, 3.63) is 72.1 Å². The van der Waals surface area contributed by atoms with Crippen LogP contribution >= 0.6 is 0 Å². The topological polar surface area (TPSA) is 88.5 Å². The van der Waals surface area contributed by atoms with Crippen molar-refractivity contribution in [2.45, 2.75) is 25.8 Å². The van der Waals surface area contributed by atoms with Gasteiger partial charge in [0.05, 0.1) is 7.11 Å². The maximum Gasteiger partial charge on any atom is 0.319 e. The lowest BCUT2D eigenvalue weighted by Gasteiger charge is -2.32. The molecule has 1 aliphatic rings. The molecule has 1 aromatic heterocycles. The number of carbonyl (C=O) groups excluding carboxylic acids is 2. The van der Waals surface area contributed by atoms with Crippen LogP contribution < -0.4 is 15.4 Å². The van der Waals surface area contributed by atoms with E-state index in [1.54, 1.807) is 29.0 Å². The molecule has 0 bridgehead atoms. The molecule has 2 heterocycles. The molecule has 4 rings (SSSR count). The zero-order valence-corrected chi connectivity index (χ0v) is 18.2. The van der Waals surface area contributed by atoms with Crippen LogP contribution in [0.2, 0.25) is 0 Å². The highest BCUT2D eigenvalue weighted by molar-refractivity contribution is 5.92. The number of anilines is 1. The second kappa shape index (κ2) is 9.55. The monoisotopic (exact) mass is 433 g/mol. The van der Waals surface area contributed by atoms with E-state index in [4.69, 9.17) is 4.74 Å². The minimum absolute atomic E-state index is 0.0249. The molecule has 0 saturated carbocycles. The third-order valence-corrected chi connectivity index (χ3v) is 5.54. The summed E-state index contributed by atoms with van der Waals surface area (Å²) in [4.78, 5) is 26.9. The van der Waals surface area contributed by atoms with Gasteiger partial charge in [0.25, 0.3) is 5.91 Å². The number of ether oxygens (including phenoxy) is 1. The summed E-state index contributed by atoms with van der Waals surface area (Å²) in [5, 5.41) is 10.3. The Bertz CT molecular complexity index is 1090. The van der Waals surface area contributed by atoms with E-state index in [1.165, 1.54) is 0 Å². The van der Waals surface area contributed by atoms with Crippen molar-refractivity contribution in [1.82, 2.24) is 20.0 Å². The summed E-state index contributed by atoms with van der Waals surface area (Å²) in [5.41, 5.74) is 3.01. The molecule has 8 nitrogen and oxygen atoms in total. The van der Waals surface area contributed by atoms with Gasteiger partial charge < -0.3 is 20.3 Å². The molecule has 3 amide bonds. The normalized spacial score (nSPS) is 14.1. The fourth-order valence-electron chi connectivity index (χ4n) is 3.81. The first kappa shape index (κ1) is 21.4. The van der Waals surface area contributed by atoms with E-state index in [1.807, 2.05) is 55.5 Å². The Morgan fingerprint density at radius 3 is 2.53 bits per heavy atom. The van der Waals surface area contributed by atoms with Gasteiger partial charge in [-0.2, -0.15) is 5.10 Å². The third kappa shape index (κ3) is 4.91. The number of hydrogen-bond donors (Lipinski definition) is 2. The smallest absolute Gasteiger partial charge is 0.319 e. The van der Waals surface area contributed by atoms with Crippen LogP contribution in [0.3, 0.4) is 0 Å². The third-order valence-electron chi connectivity index (χ3n) is 5.54. The number of amides is 3. The van der Waals surface area contributed by atoms with E-state index in [0.29, 0.717) is 37.4 Å². The second-order valence-electron chi connectivity index (χ2n) is 7.85. The maximum absolute atomic E-state index is 13.0. The number of likely N-dealkylation sites (tertiary alicyclic amines) is 1. The molecule has 0 radical (unpaired) electrons. The molecular weight excluding hydrogens is 406 g/mol. The van der Waals surface area contributed by atoms with Gasteiger partial charge in [-0.05, 0) is 55.7 Å². The molecule has 2 N–H and O–H groups in total. The van der Waals surface area contributed by atoms with E-state index >= 15 is 0 Å². The number of methoxy groups -OCH3 is 1. The Labute approximate surface area is 187 Å². The number of para-hydroxylation sites is 1. The van der Waals surface area contributed by atoms with Gasteiger partial charge in [0.1, 0.15) is 11.4 Å². The summed E-state index contributed by atoms with van der Waals surface area (Å²) in [5.74, 6) is 0.584. The van der Waals surface area contributed by atoms with Crippen molar-refractivity contribution in [3.8, 4) is 11.4 Å². The molecule has 1 aliphatic heterocycles.